The highest BCUT2D eigenvalue weighted by molar-refractivity contribution is 6.39. The van der Waals surface area contributed by atoms with Gasteiger partial charge >= 0.3 is 5.97 Å². The second-order valence-electron chi connectivity index (χ2n) is 5.74. The summed E-state index contributed by atoms with van der Waals surface area (Å²) in [6.45, 7) is 1.87. The Morgan fingerprint density at radius 2 is 1.96 bits per heavy atom. The number of aliphatic carboxylic acids is 1. The van der Waals surface area contributed by atoms with Crippen LogP contribution in [0.15, 0.2) is 29.4 Å². The fourth-order valence-electron chi connectivity index (χ4n) is 2.51. The number of halogens is 1. The molecular weight excluding hydrogens is 329 g/mol. The minimum absolute atomic E-state index is 0.124. The van der Waals surface area contributed by atoms with Gasteiger partial charge in [0, 0.05) is 19.4 Å². The van der Waals surface area contributed by atoms with E-state index in [9.17, 15) is 18.8 Å². The third-order valence-corrected chi connectivity index (χ3v) is 3.70. The van der Waals surface area contributed by atoms with Crippen LogP contribution in [-0.4, -0.2) is 51.6 Å². The zero-order chi connectivity index (χ0) is 18.4. The Bertz CT molecular complexity index is 688. The molecule has 1 aromatic rings. The molecule has 0 aliphatic carbocycles. The van der Waals surface area contributed by atoms with Crippen LogP contribution in [0.1, 0.15) is 31.7 Å². The Hall–Kier alpha value is -2.77. The van der Waals surface area contributed by atoms with Crippen LogP contribution in [0.2, 0.25) is 0 Å². The molecular formula is C17H20FN3O4. The van der Waals surface area contributed by atoms with Crippen LogP contribution in [0.4, 0.5) is 4.39 Å². The summed E-state index contributed by atoms with van der Waals surface area (Å²) in [6.07, 6.45) is 0.917. The van der Waals surface area contributed by atoms with Crippen LogP contribution in [0.5, 0.6) is 0 Å². The van der Waals surface area contributed by atoms with E-state index in [-0.39, 0.29) is 36.8 Å². The number of rotatable bonds is 7. The second kappa shape index (κ2) is 8.36. The van der Waals surface area contributed by atoms with E-state index in [1.807, 2.05) is 6.92 Å². The van der Waals surface area contributed by atoms with Gasteiger partial charge in [-0.25, -0.2) is 9.40 Å². The van der Waals surface area contributed by atoms with Crippen LogP contribution in [0.3, 0.4) is 0 Å². The normalized spacial score (nSPS) is 14.2. The fraction of sp³-hybridized carbons (Fsp3) is 0.412. The molecule has 0 radical (unpaired) electrons. The molecule has 1 aliphatic rings. The number of carboxylic acids is 1. The molecule has 0 bridgehead atoms. The number of carbonyl (C=O) groups excluding carboxylic acids is 2. The summed E-state index contributed by atoms with van der Waals surface area (Å²) >= 11 is 0. The minimum Gasteiger partial charge on any atom is -0.480 e. The Morgan fingerprint density at radius 3 is 2.56 bits per heavy atom. The van der Waals surface area contributed by atoms with Gasteiger partial charge in [0.25, 0.3) is 5.91 Å². The van der Waals surface area contributed by atoms with E-state index in [0.717, 1.165) is 0 Å². The van der Waals surface area contributed by atoms with E-state index >= 15 is 0 Å². The molecule has 0 unspecified atom stereocenters. The summed E-state index contributed by atoms with van der Waals surface area (Å²) in [4.78, 5) is 36.7. The molecule has 7 nitrogen and oxygen atoms in total. The summed E-state index contributed by atoms with van der Waals surface area (Å²) in [6, 6.07) is 5.66. The van der Waals surface area contributed by atoms with Crippen LogP contribution in [0.25, 0.3) is 0 Å². The fourth-order valence-corrected chi connectivity index (χ4v) is 2.51. The number of carbonyl (C=O) groups is 3. The van der Waals surface area contributed by atoms with Crippen molar-refractivity contribution < 1.29 is 23.9 Å². The lowest BCUT2D eigenvalue weighted by atomic mass is 10.1. The summed E-state index contributed by atoms with van der Waals surface area (Å²) in [5, 5.41) is 14.2. The first-order valence-corrected chi connectivity index (χ1v) is 8.04. The summed E-state index contributed by atoms with van der Waals surface area (Å²) in [7, 11) is 0. The number of carboxylic acid groups (broad SMARTS) is 1. The molecule has 0 saturated carbocycles. The summed E-state index contributed by atoms with van der Waals surface area (Å²) in [5.41, 5.74) is 0.847. The van der Waals surface area contributed by atoms with Crippen molar-refractivity contribution in [2.75, 3.05) is 13.1 Å². The molecule has 2 rings (SSSR count). The molecule has 1 heterocycles. The van der Waals surface area contributed by atoms with E-state index in [1.54, 1.807) is 12.1 Å². The Balaban J connectivity index is 2.16. The number of amides is 2. The van der Waals surface area contributed by atoms with Gasteiger partial charge in [-0.15, -0.1) is 0 Å². The number of benzene rings is 1. The highest BCUT2D eigenvalue weighted by Gasteiger charge is 2.28. The van der Waals surface area contributed by atoms with Gasteiger partial charge in [-0.05, 0) is 24.1 Å². The molecule has 1 aromatic carbocycles. The molecule has 1 aliphatic heterocycles. The van der Waals surface area contributed by atoms with Crippen molar-refractivity contribution in [2.45, 2.75) is 32.7 Å². The maximum absolute atomic E-state index is 13.0. The second-order valence-corrected chi connectivity index (χ2v) is 5.74. The summed E-state index contributed by atoms with van der Waals surface area (Å²) in [5.74, 6) is -2.18. The first-order valence-electron chi connectivity index (χ1n) is 8.04. The zero-order valence-corrected chi connectivity index (χ0v) is 13.9. The smallest absolute Gasteiger partial charge is 0.323 e. The van der Waals surface area contributed by atoms with Crippen molar-refractivity contribution in [3.05, 3.63) is 35.6 Å². The topological polar surface area (TPSA) is 90.3 Å². The molecule has 1 N–H and O–H groups in total. The molecule has 0 saturated heterocycles. The predicted octanol–water partition coefficient (Wildman–Crippen LogP) is 1.63. The lowest BCUT2D eigenvalue weighted by Crippen LogP contribution is -2.43. The van der Waals surface area contributed by atoms with Gasteiger partial charge in [0.05, 0.1) is 6.54 Å². The van der Waals surface area contributed by atoms with E-state index in [2.05, 4.69) is 5.10 Å². The number of hydrogen-bond acceptors (Lipinski definition) is 4. The number of nitrogens with zero attached hydrogens (tertiary/aromatic N) is 3. The Morgan fingerprint density at radius 1 is 1.28 bits per heavy atom. The predicted molar refractivity (Wildman–Crippen MR) is 88.1 cm³/mol. The Kier molecular flexibility index (Phi) is 6.21. The first-order chi connectivity index (χ1) is 11.9. The van der Waals surface area contributed by atoms with E-state index in [1.165, 1.54) is 22.0 Å². The van der Waals surface area contributed by atoms with E-state index < -0.39 is 18.4 Å². The van der Waals surface area contributed by atoms with Crippen molar-refractivity contribution in [1.82, 2.24) is 9.91 Å². The average molecular weight is 349 g/mol. The van der Waals surface area contributed by atoms with Gasteiger partial charge in [-0.1, -0.05) is 19.1 Å². The van der Waals surface area contributed by atoms with Crippen molar-refractivity contribution in [1.29, 1.82) is 0 Å². The number of hydrazone groups is 1. The SMILES string of the molecule is CCCN(CC(=O)O)C(=O)C1=NN(Cc2ccc(F)cc2)C(=O)CC1. The van der Waals surface area contributed by atoms with Gasteiger partial charge in [0.15, 0.2) is 0 Å². The first kappa shape index (κ1) is 18.6. The van der Waals surface area contributed by atoms with Crippen molar-refractivity contribution in [3.8, 4) is 0 Å². The van der Waals surface area contributed by atoms with Gasteiger partial charge in [-0.3, -0.25) is 14.4 Å². The minimum atomic E-state index is -1.10. The van der Waals surface area contributed by atoms with Crippen molar-refractivity contribution >= 4 is 23.5 Å². The van der Waals surface area contributed by atoms with Gasteiger partial charge in [0.1, 0.15) is 18.1 Å². The quantitative estimate of drug-likeness (QED) is 0.810. The lowest BCUT2D eigenvalue weighted by Gasteiger charge is -2.26. The van der Waals surface area contributed by atoms with Gasteiger partial charge in [-0.2, -0.15) is 5.10 Å². The Labute approximate surface area is 144 Å². The molecule has 134 valence electrons. The highest BCUT2D eigenvalue weighted by Crippen LogP contribution is 2.15. The van der Waals surface area contributed by atoms with Crippen molar-refractivity contribution in [3.63, 3.8) is 0 Å². The third-order valence-electron chi connectivity index (χ3n) is 3.70. The van der Waals surface area contributed by atoms with Crippen LogP contribution in [0, 0.1) is 5.82 Å². The van der Waals surface area contributed by atoms with Crippen LogP contribution < -0.4 is 0 Å². The van der Waals surface area contributed by atoms with E-state index in [4.69, 9.17) is 5.11 Å². The maximum Gasteiger partial charge on any atom is 0.323 e. The average Bonchev–Trinajstić information content (AvgIpc) is 2.57. The molecule has 8 heteroatoms. The number of hydrogen-bond donors (Lipinski definition) is 1. The maximum atomic E-state index is 13.0. The van der Waals surface area contributed by atoms with Gasteiger partial charge < -0.3 is 10.0 Å². The molecule has 2 amide bonds. The highest BCUT2D eigenvalue weighted by atomic mass is 19.1. The monoisotopic (exact) mass is 349 g/mol. The molecule has 0 aromatic heterocycles. The molecule has 0 atom stereocenters. The van der Waals surface area contributed by atoms with Gasteiger partial charge in [0.2, 0.25) is 5.91 Å². The van der Waals surface area contributed by atoms with Crippen LogP contribution in [-0.2, 0) is 20.9 Å². The standard InChI is InChI=1S/C17H20FN3O4/c1-2-9-20(11-16(23)24)17(25)14-7-8-15(22)21(19-14)10-12-3-5-13(18)6-4-12/h3-6H,2,7-11H2,1H3,(H,23,24). The van der Waals surface area contributed by atoms with E-state index in [0.29, 0.717) is 18.5 Å². The van der Waals surface area contributed by atoms with Crippen LogP contribution >= 0.6 is 0 Å². The zero-order valence-electron chi connectivity index (χ0n) is 13.9. The largest absolute Gasteiger partial charge is 0.480 e. The van der Waals surface area contributed by atoms with Crippen molar-refractivity contribution in [2.24, 2.45) is 5.10 Å². The summed E-state index contributed by atoms with van der Waals surface area (Å²) < 4.78 is 13.0. The lowest BCUT2D eigenvalue weighted by molar-refractivity contribution is -0.142. The molecule has 0 fully saturated rings. The third kappa shape index (κ3) is 5.10. The molecule has 0 spiro atoms. The molecule has 25 heavy (non-hydrogen) atoms.